The van der Waals surface area contributed by atoms with Crippen molar-refractivity contribution in [2.45, 2.75) is 13.8 Å². The van der Waals surface area contributed by atoms with E-state index in [1.807, 2.05) is 13.8 Å². The van der Waals surface area contributed by atoms with Gasteiger partial charge in [-0.3, -0.25) is 9.97 Å². The molecule has 0 aliphatic heterocycles. The molecule has 0 fully saturated rings. The fraction of sp³-hybridized carbons (Fsp3) is 0.0526. The van der Waals surface area contributed by atoms with Gasteiger partial charge in [-0.15, -0.1) is 0 Å². The minimum atomic E-state index is 1.04. The summed E-state index contributed by atoms with van der Waals surface area (Å²) in [4.78, 5) is 9.42. The first-order chi connectivity index (χ1) is 19.6. The van der Waals surface area contributed by atoms with Gasteiger partial charge in [0.2, 0.25) is 0 Å². The van der Waals surface area contributed by atoms with Gasteiger partial charge >= 0.3 is 0 Å². The van der Waals surface area contributed by atoms with E-state index in [1.54, 1.807) is 0 Å². The lowest BCUT2D eigenvalue weighted by Gasteiger charge is -2.11. The fourth-order valence-electron chi connectivity index (χ4n) is 6.85. The normalized spacial score (nSPS) is 12.2. The van der Waals surface area contributed by atoms with E-state index in [1.165, 1.54) is 76.5 Å². The van der Waals surface area contributed by atoms with Gasteiger partial charge in [-0.25, -0.2) is 0 Å². The molecule has 40 heavy (non-hydrogen) atoms. The molecule has 2 heterocycles. The highest BCUT2D eigenvalue weighted by Crippen LogP contribution is 2.51. The molecule has 0 saturated carbocycles. The van der Waals surface area contributed by atoms with Gasteiger partial charge in [0.25, 0.3) is 0 Å². The lowest BCUT2D eigenvalue weighted by molar-refractivity contribution is 1.26. The monoisotopic (exact) mass is 508 g/mol. The molecule has 0 radical (unpaired) electrons. The first kappa shape index (κ1) is 21.8. The summed E-state index contributed by atoms with van der Waals surface area (Å²) in [5.41, 5.74) is 11.8. The summed E-state index contributed by atoms with van der Waals surface area (Å²) in [6, 6.07) is 40.3. The summed E-state index contributed by atoms with van der Waals surface area (Å²) in [6.45, 7) is 4.09. The molecule has 0 atom stereocenters. The maximum atomic E-state index is 4.71. The quantitative estimate of drug-likeness (QED) is 0.217. The van der Waals surface area contributed by atoms with Gasteiger partial charge in [0, 0.05) is 22.2 Å². The van der Waals surface area contributed by atoms with E-state index < -0.39 is 0 Å². The Morgan fingerprint density at radius 2 is 0.825 bits per heavy atom. The molecule has 2 aromatic heterocycles. The van der Waals surface area contributed by atoms with Crippen molar-refractivity contribution >= 4 is 54.1 Å². The van der Waals surface area contributed by atoms with Gasteiger partial charge in [0.1, 0.15) is 0 Å². The highest BCUT2D eigenvalue weighted by molar-refractivity contribution is 6.35. The van der Waals surface area contributed by atoms with Crippen LogP contribution in [-0.2, 0) is 0 Å². The Morgan fingerprint density at radius 3 is 1.32 bits per heavy atom. The fourth-order valence-corrected chi connectivity index (χ4v) is 6.85. The number of aryl methyl sites for hydroxylation is 2. The second kappa shape index (κ2) is 7.74. The second-order valence-corrected chi connectivity index (χ2v) is 11.1. The molecular weight excluding hydrogens is 484 g/mol. The van der Waals surface area contributed by atoms with E-state index in [4.69, 9.17) is 9.97 Å². The van der Waals surface area contributed by atoms with Gasteiger partial charge in [-0.1, -0.05) is 72.8 Å². The number of fused-ring (bicyclic) bond motifs is 3. The van der Waals surface area contributed by atoms with Crippen molar-refractivity contribution < 1.29 is 0 Å². The molecule has 2 nitrogen and oxygen atoms in total. The molecule has 0 spiro atoms. The predicted molar refractivity (Wildman–Crippen MR) is 169 cm³/mol. The maximum absolute atomic E-state index is 4.71. The Bertz CT molecular complexity index is 2230. The maximum Gasteiger partial charge on any atom is 0.0705 e. The van der Waals surface area contributed by atoms with Crippen LogP contribution in [0.1, 0.15) is 11.4 Å². The molecule has 8 aromatic rings. The highest BCUT2D eigenvalue weighted by Gasteiger charge is 2.23. The SMILES string of the molecule is Cc1ccc2cc(-c3ccc4c5c3ccc3ccc6c(-c7ccc8nc(C)ccc8c7)ccc-4c6c35)ccc2n1. The summed E-state index contributed by atoms with van der Waals surface area (Å²) >= 11 is 0. The molecule has 2 heteroatoms. The molecule has 1 aliphatic rings. The zero-order valence-corrected chi connectivity index (χ0v) is 22.3. The molecule has 186 valence electrons. The van der Waals surface area contributed by atoms with Crippen molar-refractivity contribution in [1.82, 2.24) is 9.97 Å². The lowest BCUT2D eigenvalue weighted by atomic mass is 9.92. The standard InChI is InChI=1S/C38H24N2/c1-21-3-5-26-19-24(9-17-34(26)39-21)28-13-15-32-33-16-14-29(25-10-18-35-27(20-25)6-4-22(2)40-35)31-12-8-23-7-11-30(28)37(32)36(23)38(31)33/h3-20H,1-2H3. The van der Waals surface area contributed by atoms with Crippen LogP contribution in [0.15, 0.2) is 109 Å². The van der Waals surface area contributed by atoms with Crippen LogP contribution >= 0.6 is 0 Å². The first-order valence-corrected chi connectivity index (χ1v) is 13.8. The third-order valence-corrected chi connectivity index (χ3v) is 8.71. The number of aromatic nitrogens is 2. The van der Waals surface area contributed by atoms with Crippen molar-refractivity contribution in [3.63, 3.8) is 0 Å². The summed E-state index contributed by atoms with van der Waals surface area (Å²) in [5.74, 6) is 0. The Morgan fingerprint density at radius 1 is 0.375 bits per heavy atom. The van der Waals surface area contributed by atoms with Gasteiger partial charge in [-0.05, 0) is 116 Å². The molecule has 6 aromatic carbocycles. The minimum absolute atomic E-state index is 1.04. The Labute approximate surface area is 231 Å². The highest BCUT2D eigenvalue weighted by atomic mass is 14.7. The van der Waals surface area contributed by atoms with E-state index >= 15 is 0 Å². The van der Waals surface area contributed by atoms with Gasteiger partial charge < -0.3 is 0 Å². The summed E-state index contributed by atoms with van der Waals surface area (Å²) in [5, 5.41) is 10.4. The molecule has 0 N–H and O–H groups in total. The zero-order valence-electron chi connectivity index (χ0n) is 22.3. The second-order valence-electron chi connectivity index (χ2n) is 11.1. The van der Waals surface area contributed by atoms with Crippen LogP contribution in [-0.4, -0.2) is 9.97 Å². The van der Waals surface area contributed by atoms with E-state index in [9.17, 15) is 0 Å². The number of nitrogens with zero attached hydrogens (tertiary/aromatic N) is 2. The smallest absolute Gasteiger partial charge is 0.0705 e. The van der Waals surface area contributed by atoms with Crippen LogP contribution < -0.4 is 0 Å². The first-order valence-electron chi connectivity index (χ1n) is 13.8. The number of hydrogen-bond donors (Lipinski definition) is 0. The zero-order chi connectivity index (χ0) is 26.5. The molecule has 0 unspecified atom stereocenters. The Hall–Kier alpha value is -5.08. The van der Waals surface area contributed by atoms with Gasteiger partial charge in [0.15, 0.2) is 0 Å². The number of benzene rings is 6. The molecule has 0 amide bonds. The van der Waals surface area contributed by atoms with Crippen molar-refractivity contribution in [2.24, 2.45) is 0 Å². The van der Waals surface area contributed by atoms with Crippen molar-refractivity contribution in [1.29, 1.82) is 0 Å². The number of hydrogen-bond acceptors (Lipinski definition) is 2. The van der Waals surface area contributed by atoms with Crippen molar-refractivity contribution in [3.8, 4) is 33.4 Å². The Kier molecular flexibility index (Phi) is 4.22. The summed E-state index contributed by atoms with van der Waals surface area (Å²) in [7, 11) is 0. The molecule has 0 saturated heterocycles. The summed E-state index contributed by atoms with van der Waals surface area (Å²) < 4.78 is 0. The number of rotatable bonds is 2. The molecular formula is C38H24N2. The van der Waals surface area contributed by atoms with Gasteiger partial charge in [-0.2, -0.15) is 0 Å². The average molecular weight is 509 g/mol. The predicted octanol–water partition coefficient (Wildman–Crippen LogP) is 10.2. The van der Waals surface area contributed by atoms with Crippen LogP contribution in [0, 0.1) is 13.8 Å². The van der Waals surface area contributed by atoms with Crippen LogP contribution in [0.2, 0.25) is 0 Å². The van der Waals surface area contributed by atoms with Crippen molar-refractivity contribution in [3.05, 3.63) is 121 Å². The number of pyridine rings is 2. The van der Waals surface area contributed by atoms with Crippen LogP contribution in [0.4, 0.5) is 0 Å². The van der Waals surface area contributed by atoms with Crippen molar-refractivity contribution in [2.75, 3.05) is 0 Å². The lowest BCUT2D eigenvalue weighted by Crippen LogP contribution is -1.86. The molecule has 0 bridgehead atoms. The molecule has 9 rings (SSSR count). The third kappa shape index (κ3) is 2.93. The van der Waals surface area contributed by atoms with Crippen LogP contribution in [0.25, 0.3) is 87.5 Å². The summed E-state index contributed by atoms with van der Waals surface area (Å²) in [6.07, 6.45) is 0. The van der Waals surface area contributed by atoms with E-state index in [0.29, 0.717) is 0 Å². The Balaban J connectivity index is 1.30. The van der Waals surface area contributed by atoms with Crippen LogP contribution in [0.3, 0.4) is 0 Å². The topological polar surface area (TPSA) is 25.8 Å². The van der Waals surface area contributed by atoms with E-state index in [0.717, 1.165) is 22.4 Å². The largest absolute Gasteiger partial charge is 0.253 e. The van der Waals surface area contributed by atoms with E-state index in [2.05, 4.69) is 109 Å². The van der Waals surface area contributed by atoms with Gasteiger partial charge in [0.05, 0.1) is 11.0 Å². The minimum Gasteiger partial charge on any atom is -0.253 e. The third-order valence-electron chi connectivity index (χ3n) is 8.71. The molecule has 1 aliphatic carbocycles. The average Bonchev–Trinajstić information content (AvgIpc) is 3.33. The van der Waals surface area contributed by atoms with E-state index in [-0.39, 0.29) is 0 Å². The van der Waals surface area contributed by atoms with Crippen LogP contribution in [0.5, 0.6) is 0 Å².